The van der Waals surface area contributed by atoms with Crippen molar-refractivity contribution < 1.29 is 4.74 Å². The average Bonchev–Trinajstić information content (AvgIpc) is 3.40. The molecule has 218 valence electrons. The highest BCUT2D eigenvalue weighted by molar-refractivity contribution is 5.80. The monoisotopic (exact) mass is 591 g/mol. The van der Waals surface area contributed by atoms with E-state index in [4.69, 9.17) is 14.7 Å². The smallest absolute Gasteiger partial charge is 0.160 e. The predicted octanol–water partition coefficient (Wildman–Crippen LogP) is 10.6. The van der Waals surface area contributed by atoms with Crippen molar-refractivity contribution in [2.24, 2.45) is 0 Å². The van der Waals surface area contributed by atoms with Gasteiger partial charge in [-0.2, -0.15) is 0 Å². The third kappa shape index (κ3) is 4.38. The summed E-state index contributed by atoms with van der Waals surface area (Å²) in [6, 6.07) is 57.1. The summed E-state index contributed by atoms with van der Waals surface area (Å²) in [6.07, 6.45) is 0. The molecule has 2 unspecified atom stereocenters. The summed E-state index contributed by atoms with van der Waals surface area (Å²) >= 11 is 0. The quantitative estimate of drug-likeness (QED) is 0.204. The van der Waals surface area contributed by atoms with Gasteiger partial charge in [-0.1, -0.05) is 127 Å². The minimum atomic E-state index is 0.00366. The Kier molecular flexibility index (Phi) is 6.24. The standard InChI is InChI=1S/C42H29N3O/c1-3-14-28(15-4-1)35-27-36(29-16-5-2-6-17-29)44-42(43-35)30-18-13-19-31(26-30)45-37-23-10-7-20-32(37)40-33-21-8-11-24-38(33)46-39-25-12-9-22-34(39)41(40)45/h1-27,40-41H. The number of anilines is 2. The lowest BCUT2D eigenvalue weighted by atomic mass is 9.84. The van der Waals surface area contributed by atoms with Crippen LogP contribution in [0.25, 0.3) is 33.9 Å². The van der Waals surface area contributed by atoms with Crippen LogP contribution < -0.4 is 9.64 Å². The van der Waals surface area contributed by atoms with Crippen molar-refractivity contribution in [1.29, 1.82) is 0 Å². The van der Waals surface area contributed by atoms with Crippen molar-refractivity contribution in [2.75, 3.05) is 4.90 Å². The Morgan fingerprint density at radius 2 is 1.00 bits per heavy atom. The highest BCUT2D eigenvalue weighted by atomic mass is 16.5. The molecule has 0 aliphatic carbocycles. The molecule has 2 atom stereocenters. The molecule has 0 amide bonds. The minimum Gasteiger partial charge on any atom is -0.457 e. The number of benzene rings is 6. The highest BCUT2D eigenvalue weighted by Crippen LogP contribution is 2.59. The van der Waals surface area contributed by atoms with Crippen LogP contribution in [0.4, 0.5) is 11.4 Å². The first-order chi connectivity index (χ1) is 22.8. The second-order valence-electron chi connectivity index (χ2n) is 11.8. The maximum absolute atomic E-state index is 6.59. The van der Waals surface area contributed by atoms with Gasteiger partial charge in [-0.15, -0.1) is 0 Å². The summed E-state index contributed by atoms with van der Waals surface area (Å²) in [5.41, 5.74) is 10.8. The average molecular weight is 592 g/mol. The van der Waals surface area contributed by atoms with Gasteiger partial charge in [0.15, 0.2) is 5.82 Å². The molecule has 2 aliphatic heterocycles. The lowest BCUT2D eigenvalue weighted by Gasteiger charge is -2.31. The van der Waals surface area contributed by atoms with Crippen LogP contribution in [-0.4, -0.2) is 9.97 Å². The lowest BCUT2D eigenvalue weighted by molar-refractivity contribution is 0.478. The molecule has 0 bridgehead atoms. The summed E-state index contributed by atoms with van der Waals surface area (Å²) < 4.78 is 6.59. The van der Waals surface area contributed by atoms with Gasteiger partial charge in [-0.3, -0.25) is 0 Å². The normalized spacial score (nSPS) is 16.0. The van der Waals surface area contributed by atoms with Gasteiger partial charge in [-0.05, 0) is 42.0 Å². The number of para-hydroxylation sites is 3. The van der Waals surface area contributed by atoms with Crippen LogP contribution in [0.5, 0.6) is 11.5 Å². The second-order valence-corrected chi connectivity index (χ2v) is 11.8. The van der Waals surface area contributed by atoms with Gasteiger partial charge < -0.3 is 9.64 Å². The summed E-state index contributed by atoms with van der Waals surface area (Å²) in [5, 5.41) is 0. The number of aromatic nitrogens is 2. The van der Waals surface area contributed by atoms with Crippen LogP contribution in [0.1, 0.15) is 28.7 Å². The number of rotatable bonds is 4. The fourth-order valence-corrected chi connectivity index (χ4v) is 7.05. The van der Waals surface area contributed by atoms with E-state index in [0.29, 0.717) is 5.82 Å². The minimum absolute atomic E-state index is 0.00366. The van der Waals surface area contributed by atoms with Crippen molar-refractivity contribution in [1.82, 2.24) is 9.97 Å². The highest BCUT2D eigenvalue weighted by Gasteiger charge is 2.44. The van der Waals surface area contributed by atoms with E-state index in [1.165, 1.54) is 22.4 Å². The number of ether oxygens (including phenoxy) is 1. The first-order valence-corrected chi connectivity index (χ1v) is 15.7. The molecule has 0 N–H and O–H groups in total. The molecule has 9 rings (SSSR count). The zero-order valence-corrected chi connectivity index (χ0v) is 25.0. The van der Waals surface area contributed by atoms with E-state index >= 15 is 0 Å². The van der Waals surface area contributed by atoms with Gasteiger partial charge >= 0.3 is 0 Å². The Labute approximate surface area is 268 Å². The lowest BCUT2D eigenvalue weighted by Crippen LogP contribution is -2.22. The van der Waals surface area contributed by atoms with Gasteiger partial charge in [0.2, 0.25) is 0 Å². The van der Waals surface area contributed by atoms with E-state index in [1.54, 1.807) is 0 Å². The molecule has 4 heteroatoms. The summed E-state index contributed by atoms with van der Waals surface area (Å²) in [4.78, 5) is 12.7. The number of nitrogens with zero attached hydrogens (tertiary/aromatic N) is 3. The maximum Gasteiger partial charge on any atom is 0.160 e. The molecule has 0 spiro atoms. The van der Waals surface area contributed by atoms with Crippen LogP contribution in [-0.2, 0) is 0 Å². The molecule has 1 aromatic heterocycles. The Morgan fingerprint density at radius 1 is 0.457 bits per heavy atom. The molecular formula is C42H29N3O. The molecule has 7 aromatic rings. The van der Waals surface area contributed by atoms with Crippen molar-refractivity contribution in [2.45, 2.75) is 12.0 Å². The van der Waals surface area contributed by atoms with Crippen molar-refractivity contribution in [3.63, 3.8) is 0 Å². The van der Waals surface area contributed by atoms with Gasteiger partial charge in [0.05, 0.1) is 17.4 Å². The first-order valence-electron chi connectivity index (χ1n) is 15.7. The Bertz CT molecular complexity index is 2160. The molecule has 3 heterocycles. The van der Waals surface area contributed by atoms with E-state index in [-0.39, 0.29) is 12.0 Å². The van der Waals surface area contributed by atoms with Crippen LogP contribution in [0.2, 0.25) is 0 Å². The van der Waals surface area contributed by atoms with E-state index in [2.05, 4.69) is 132 Å². The summed E-state index contributed by atoms with van der Waals surface area (Å²) in [5.74, 6) is 2.60. The van der Waals surface area contributed by atoms with Crippen molar-refractivity contribution in [3.8, 4) is 45.4 Å². The molecule has 0 saturated heterocycles. The zero-order valence-electron chi connectivity index (χ0n) is 25.0. The third-order valence-corrected chi connectivity index (χ3v) is 9.08. The maximum atomic E-state index is 6.59. The van der Waals surface area contributed by atoms with E-state index in [1.807, 2.05) is 36.4 Å². The van der Waals surface area contributed by atoms with Crippen molar-refractivity contribution >= 4 is 11.4 Å². The van der Waals surface area contributed by atoms with Gasteiger partial charge in [-0.25, -0.2) is 9.97 Å². The second kappa shape index (κ2) is 10.9. The SMILES string of the molecule is c1ccc(-c2cc(-c3ccccc3)nc(-c3cccc(N4c5ccccc5C5c6ccccc6Oc6ccccc6C54)c3)n2)cc1. The van der Waals surface area contributed by atoms with Gasteiger partial charge in [0.1, 0.15) is 11.5 Å². The first kappa shape index (κ1) is 26.4. The topological polar surface area (TPSA) is 38.2 Å². The Morgan fingerprint density at radius 3 is 1.70 bits per heavy atom. The molecule has 46 heavy (non-hydrogen) atoms. The summed E-state index contributed by atoms with van der Waals surface area (Å²) in [7, 11) is 0. The molecule has 2 aliphatic rings. The zero-order chi connectivity index (χ0) is 30.5. The predicted molar refractivity (Wildman–Crippen MR) is 184 cm³/mol. The molecule has 0 fully saturated rings. The van der Waals surface area contributed by atoms with E-state index in [0.717, 1.165) is 45.3 Å². The Hall–Kier alpha value is -6.00. The largest absolute Gasteiger partial charge is 0.457 e. The fraction of sp³-hybridized carbons (Fsp3) is 0.0476. The van der Waals surface area contributed by atoms with Crippen LogP contribution in [0, 0.1) is 0 Å². The molecular weight excluding hydrogens is 562 g/mol. The molecule has 6 aromatic carbocycles. The van der Waals surface area contributed by atoms with Crippen LogP contribution in [0.15, 0.2) is 164 Å². The number of fused-ring (bicyclic) bond motifs is 7. The third-order valence-electron chi connectivity index (χ3n) is 9.08. The van der Waals surface area contributed by atoms with E-state index < -0.39 is 0 Å². The van der Waals surface area contributed by atoms with Crippen LogP contribution in [0.3, 0.4) is 0 Å². The molecule has 4 nitrogen and oxygen atoms in total. The number of hydrogen-bond acceptors (Lipinski definition) is 4. The van der Waals surface area contributed by atoms with Gasteiger partial charge in [0.25, 0.3) is 0 Å². The van der Waals surface area contributed by atoms with Gasteiger partial charge in [0, 0.05) is 45.1 Å². The van der Waals surface area contributed by atoms with Crippen molar-refractivity contribution in [3.05, 3.63) is 180 Å². The fourth-order valence-electron chi connectivity index (χ4n) is 7.05. The number of hydrogen-bond donors (Lipinski definition) is 0. The molecule has 0 saturated carbocycles. The van der Waals surface area contributed by atoms with E-state index in [9.17, 15) is 0 Å². The molecule has 0 radical (unpaired) electrons. The van der Waals surface area contributed by atoms with Crippen LogP contribution >= 0.6 is 0 Å². The summed E-state index contributed by atoms with van der Waals surface area (Å²) in [6.45, 7) is 0. The Balaban J connectivity index is 1.23.